The molecule has 3 N–H and O–H groups in total. The molecule has 19 heavy (non-hydrogen) atoms. The number of nitrogens with zero attached hydrogens (tertiary/aromatic N) is 3. The summed E-state index contributed by atoms with van der Waals surface area (Å²) < 4.78 is 1.64. The minimum atomic E-state index is 0.0486. The number of rotatable bonds is 2. The van der Waals surface area contributed by atoms with E-state index >= 15 is 0 Å². The molecule has 2 heterocycles. The minimum absolute atomic E-state index is 0.0486. The summed E-state index contributed by atoms with van der Waals surface area (Å²) in [6.07, 6.45) is 0.529. The summed E-state index contributed by atoms with van der Waals surface area (Å²) in [6, 6.07) is 9.71. The average Bonchev–Trinajstić information content (AvgIpc) is 2.97. The Morgan fingerprint density at radius 2 is 2.21 bits per heavy atom. The molecule has 2 aromatic rings. The van der Waals surface area contributed by atoms with E-state index in [1.54, 1.807) is 4.68 Å². The van der Waals surface area contributed by atoms with Crippen LogP contribution in [0.2, 0.25) is 0 Å². The van der Waals surface area contributed by atoms with Crippen molar-refractivity contribution in [2.75, 3.05) is 17.3 Å². The summed E-state index contributed by atoms with van der Waals surface area (Å²) in [5.41, 5.74) is 11.4. The number of anilines is 2. The summed E-state index contributed by atoms with van der Waals surface area (Å²) in [5.74, 6) is 0.669. The van der Waals surface area contributed by atoms with Crippen molar-refractivity contribution in [1.29, 1.82) is 0 Å². The quantitative estimate of drug-likeness (QED) is 0.838. The SMILES string of the molecule is Cn1nc(-c2cccc(N3CCC(=O)N3)c2)cc1N. The van der Waals surface area contributed by atoms with Gasteiger partial charge in [-0.25, -0.2) is 0 Å². The molecule has 98 valence electrons. The van der Waals surface area contributed by atoms with Crippen molar-refractivity contribution in [3.63, 3.8) is 0 Å². The molecule has 6 nitrogen and oxygen atoms in total. The van der Waals surface area contributed by atoms with Gasteiger partial charge in [0.2, 0.25) is 5.91 Å². The Hall–Kier alpha value is -2.50. The normalized spacial score (nSPS) is 14.8. The van der Waals surface area contributed by atoms with E-state index in [-0.39, 0.29) is 5.91 Å². The van der Waals surface area contributed by atoms with Crippen LogP contribution in [-0.2, 0) is 11.8 Å². The Morgan fingerprint density at radius 1 is 1.37 bits per heavy atom. The van der Waals surface area contributed by atoms with Crippen LogP contribution in [0.4, 0.5) is 11.5 Å². The van der Waals surface area contributed by atoms with Gasteiger partial charge in [-0.2, -0.15) is 5.10 Å². The number of nitrogens with one attached hydrogen (secondary N) is 1. The first kappa shape index (κ1) is 11.6. The zero-order valence-corrected chi connectivity index (χ0v) is 10.6. The first-order valence-corrected chi connectivity index (χ1v) is 6.10. The van der Waals surface area contributed by atoms with Crippen LogP contribution in [0.1, 0.15) is 6.42 Å². The Balaban J connectivity index is 1.93. The number of carbonyl (C=O) groups excluding carboxylic acids is 1. The molecule has 1 aromatic heterocycles. The van der Waals surface area contributed by atoms with Crippen molar-refractivity contribution in [2.45, 2.75) is 6.42 Å². The highest BCUT2D eigenvalue weighted by molar-refractivity contribution is 5.82. The maximum absolute atomic E-state index is 11.2. The highest BCUT2D eigenvalue weighted by atomic mass is 16.2. The average molecular weight is 257 g/mol. The maximum Gasteiger partial charge on any atom is 0.240 e. The molecule has 6 heteroatoms. The number of aromatic nitrogens is 2. The Morgan fingerprint density at radius 3 is 2.84 bits per heavy atom. The van der Waals surface area contributed by atoms with Crippen molar-refractivity contribution in [3.8, 4) is 11.3 Å². The van der Waals surface area contributed by atoms with Gasteiger partial charge in [0.1, 0.15) is 5.82 Å². The van der Waals surface area contributed by atoms with E-state index < -0.39 is 0 Å². The molecule has 0 atom stereocenters. The fourth-order valence-electron chi connectivity index (χ4n) is 2.13. The largest absolute Gasteiger partial charge is 0.384 e. The highest BCUT2D eigenvalue weighted by Gasteiger charge is 2.19. The maximum atomic E-state index is 11.2. The lowest BCUT2D eigenvalue weighted by Crippen LogP contribution is -2.32. The van der Waals surface area contributed by atoms with Crippen molar-refractivity contribution < 1.29 is 4.79 Å². The third kappa shape index (κ3) is 2.12. The fourth-order valence-corrected chi connectivity index (χ4v) is 2.13. The van der Waals surface area contributed by atoms with E-state index in [1.165, 1.54) is 0 Å². The summed E-state index contributed by atoms with van der Waals surface area (Å²) in [4.78, 5) is 11.2. The smallest absolute Gasteiger partial charge is 0.240 e. The summed E-state index contributed by atoms with van der Waals surface area (Å²) in [5, 5.41) is 6.19. The van der Waals surface area contributed by atoms with Crippen LogP contribution in [0.3, 0.4) is 0 Å². The molecular formula is C13H15N5O. The second-order valence-electron chi connectivity index (χ2n) is 4.56. The van der Waals surface area contributed by atoms with Crippen LogP contribution < -0.4 is 16.2 Å². The summed E-state index contributed by atoms with van der Waals surface area (Å²) >= 11 is 0. The van der Waals surface area contributed by atoms with Crippen LogP contribution >= 0.6 is 0 Å². The Labute approximate surface area is 110 Å². The van der Waals surface area contributed by atoms with Crippen LogP contribution in [0.5, 0.6) is 0 Å². The molecule has 1 aliphatic rings. The molecule has 1 aliphatic heterocycles. The second-order valence-corrected chi connectivity index (χ2v) is 4.56. The number of amides is 1. The first-order chi connectivity index (χ1) is 9.13. The second kappa shape index (κ2) is 4.31. The molecule has 1 saturated heterocycles. The van der Waals surface area contributed by atoms with Crippen molar-refractivity contribution in [1.82, 2.24) is 15.2 Å². The van der Waals surface area contributed by atoms with E-state index in [1.807, 2.05) is 42.4 Å². The van der Waals surface area contributed by atoms with Crippen LogP contribution in [0.15, 0.2) is 30.3 Å². The summed E-state index contributed by atoms with van der Waals surface area (Å²) in [7, 11) is 1.81. The molecule has 1 aromatic carbocycles. The van der Waals surface area contributed by atoms with Gasteiger partial charge in [-0.05, 0) is 12.1 Å². The molecule has 0 aliphatic carbocycles. The third-order valence-corrected chi connectivity index (χ3v) is 3.19. The highest BCUT2D eigenvalue weighted by Crippen LogP contribution is 2.25. The van der Waals surface area contributed by atoms with Crippen molar-refractivity contribution in [3.05, 3.63) is 30.3 Å². The molecule has 3 rings (SSSR count). The standard InChI is InChI=1S/C13H15N5O/c1-17-12(14)8-11(15-17)9-3-2-4-10(7-9)18-6-5-13(19)16-18/h2-4,7-8H,5-6,14H2,1H3,(H,16,19). The molecular weight excluding hydrogens is 242 g/mol. The number of nitrogen functional groups attached to an aromatic ring is 1. The van der Waals surface area contributed by atoms with E-state index in [0.29, 0.717) is 18.8 Å². The minimum Gasteiger partial charge on any atom is -0.384 e. The van der Waals surface area contributed by atoms with E-state index in [9.17, 15) is 4.79 Å². The van der Waals surface area contributed by atoms with Gasteiger partial charge in [-0.15, -0.1) is 0 Å². The van der Waals surface area contributed by atoms with Gasteiger partial charge in [0.15, 0.2) is 0 Å². The lowest BCUT2D eigenvalue weighted by atomic mass is 10.1. The number of benzene rings is 1. The summed E-state index contributed by atoms with van der Waals surface area (Å²) in [6.45, 7) is 0.687. The zero-order chi connectivity index (χ0) is 13.4. The first-order valence-electron chi connectivity index (χ1n) is 6.10. The zero-order valence-electron chi connectivity index (χ0n) is 10.6. The van der Waals surface area contributed by atoms with Crippen molar-refractivity contribution in [2.24, 2.45) is 7.05 Å². The number of nitrogens with two attached hydrogens (primary N) is 1. The van der Waals surface area contributed by atoms with Gasteiger partial charge in [-0.3, -0.25) is 19.9 Å². The molecule has 1 amide bonds. The van der Waals surface area contributed by atoms with Gasteiger partial charge >= 0.3 is 0 Å². The van der Waals surface area contributed by atoms with Crippen molar-refractivity contribution >= 4 is 17.4 Å². The fraction of sp³-hybridized carbons (Fsp3) is 0.231. The topological polar surface area (TPSA) is 76.2 Å². The lowest BCUT2D eigenvalue weighted by Gasteiger charge is -2.17. The molecule has 0 spiro atoms. The van der Waals surface area contributed by atoms with Gasteiger partial charge in [-0.1, -0.05) is 12.1 Å². The number of hydrazine groups is 1. The number of aryl methyl sites for hydroxylation is 1. The lowest BCUT2D eigenvalue weighted by molar-refractivity contribution is -0.119. The van der Waals surface area contributed by atoms with Crippen LogP contribution in [-0.4, -0.2) is 22.2 Å². The Bertz CT molecular complexity index is 614. The Kier molecular flexibility index (Phi) is 2.63. The number of hydrogen-bond donors (Lipinski definition) is 2. The van der Waals surface area contributed by atoms with E-state index in [4.69, 9.17) is 5.73 Å². The monoisotopic (exact) mass is 257 g/mol. The number of hydrogen-bond acceptors (Lipinski definition) is 4. The van der Waals surface area contributed by atoms with Gasteiger partial charge in [0.25, 0.3) is 0 Å². The predicted molar refractivity (Wildman–Crippen MR) is 73.2 cm³/mol. The van der Waals surface area contributed by atoms with Gasteiger partial charge in [0.05, 0.1) is 11.4 Å². The van der Waals surface area contributed by atoms with Gasteiger partial charge < -0.3 is 5.73 Å². The van der Waals surface area contributed by atoms with E-state index in [0.717, 1.165) is 16.9 Å². The third-order valence-electron chi connectivity index (χ3n) is 3.19. The molecule has 1 fully saturated rings. The molecule has 0 unspecified atom stereocenters. The predicted octanol–water partition coefficient (Wildman–Crippen LogP) is 0.911. The molecule has 0 radical (unpaired) electrons. The van der Waals surface area contributed by atoms with Crippen LogP contribution in [0.25, 0.3) is 11.3 Å². The number of carbonyl (C=O) groups is 1. The molecule has 0 bridgehead atoms. The van der Waals surface area contributed by atoms with Gasteiger partial charge in [0, 0.05) is 31.6 Å². The van der Waals surface area contributed by atoms with Crippen LogP contribution in [0, 0.1) is 0 Å². The van der Waals surface area contributed by atoms with E-state index in [2.05, 4.69) is 10.5 Å². The molecule has 0 saturated carbocycles.